The SMILES string of the molecule is Cc1oc2nc1C(=O)N[C@H](C)CN(C(=O)c1[nH]c3ccc(Cl)cc3c1-c1ccccc1)CC(=O)N[C@@H](C(C)C)c1nc(cs1)C(=O)N[C@@H]2C(C)C. The normalized spacial score (nSPS) is 19.1. The molecule has 51 heavy (non-hydrogen) atoms. The number of hydrogen-bond acceptors (Lipinski definition) is 8. The summed E-state index contributed by atoms with van der Waals surface area (Å²) in [7, 11) is 0. The number of aromatic amines is 1. The third-order valence-corrected chi connectivity index (χ3v) is 9.94. The molecule has 4 heterocycles. The van der Waals surface area contributed by atoms with Gasteiger partial charge in [0.25, 0.3) is 17.7 Å². The number of aromatic nitrogens is 3. The molecule has 0 saturated carbocycles. The molecule has 4 N–H and O–H groups in total. The maximum atomic E-state index is 14.6. The largest absolute Gasteiger partial charge is 0.443 e. The summed E-state index contributed by atoms with van der Waals surface area (Å²) in [4.78, 5) is 69.3. The molecule has 0 fully saturated rings. The Morgan fingerprint density at radius 1 is 0.961 bits per heavy atom. The first-order chi connectivity index (χ1) is 24.3. The Morgan fingerprint density at radius 2 is 1.69 bits per heavy atom. The first-order valence-electron chi connectivity index (χ1n) is 16.8. The number of aryl methyl sites for hydroxylation is 1. The number of H-pyrrole nitrogens is 1. The van der Waals surface area contributed by atoms with Gasteiger partial charge in [0, 0.05) is 39.5 Å². The molecular weight excluding hydrogens is 690 g/mol. The van der Waals surface area contributed by atoms with Crippen molar-refractivity contribution in [3.63, 3.8) is 0 Å². The van der Waals surface area contributed by atoms with Crippen LogP contribution in [-0.4, -0.2) is 62.6 Å². The molecule has 4 bridgehead atoms. The van der Waals surface area contributed by atoms with Gasteiger partial charge in [-0.1, -0.05) is 69.6 Å². The number of carbonyl (C=O) groups excluding carboxylic acids is 4. The van der Waals surface area contributed by atoms with Crippen LogP contribution in [0, 0.1) is 18.8 Å². The lowest BCUT2D eigenvalue weighted by atomic mass is 10.0. The topological polar surface area (TPSA) is 162 Å². The quantitative estimate of drug-likeness (QED) is 0.165. The van der Waals surface area contributed by atoms with E-state index in [1.807, 2.05) is 64.1 Å². The molecule has 2 aromatic carbocycles. The molecule has 3 atom stereocenters. The van der Waals surface area contributed by atoms with E-state index in [1.165, 1.54) is 16.2 Å². The fourth-order valence-corrected chi connectivity index (χ4v) is 7.40. The van der Waals surface area contributed by atoms with E-state index in [2.05, 4.69) is 30.9 Å². The second kappa shape index (κ2) is 14.7. The van der Waals surface area contributed by atoms with Crippen LogP contribution < -0.4 is 16.0 Å². The first kappa shape index (κ1) is 35.8. The van der Waals surface area contributed by atoms with Crippen molar-refractivity contribution in [1.82, 2.24) is 35.8 Å². The summed E-state index contributed by atoms with van der Waals surface area (Å²) in [5, 5.41) is 12.4. The summed E-state index contributed by atoms with van der Waals surface area (Å²) in [6.45, 7) is 10.7. The maximum Gasteiger partial charge on any atom is 0.273 e. The smallest absolute Gasteiger partial charge is 0.273 e. The van der Waals surface area contributed by atoms with Crippen molar-refractivity contribution in [1.29, 1.82) is 0 Å². The Kier molecular flexibility index (Phi) is 10.3. The van der Waals surface area contributed by atoms with E-state index in [-0.39, 0.29) is 53.7 Å². The number of nitrogens with one attached hydrogen (secondary N) is 4. The van der Waals surface area contributed by atoms with Crippen LogP contribution in [0.3, 0.4) is 0 Å². The third kappa shape index (κ3) is 7.54. The maximum absolute atomic E-state index is 14.6. The van der Waals surface area contributed by atoms with Crippen molar-refractivity contribution < 1.29 is 23.6 Å². The predicted octanol–water partition coefficient (Wildman–Crippen LogP) is 6.46. The second-order valence-corrected chi connectivity index (χ2v) is 14.8. The zero-order chi connectivity index (χ0) is 36.6. The molecule has 14 heteroatoms. The first-order valence-corrected chi connectivity index (χ1v) is 18.1. The molecule has 1 aliphatic heterocycles. The van der Waals surface area contributed by atoms with Gasteiger partial charge < -0.3 is 30.3 Å². The van der Waals surface area contributed by atoms with E-state index in [0.717, 1.165) is 10.9 Å². The van der Waals surface area contributed by atoms with Gasteiger partial charge in [-0.2, -0.15) is 0 Å². The standard InChI is InChI=1S/C37H40ClN7O5S/c1-18(2)29-35-44-31(21(6)50-35)34(48)39-20(5)15-45(16-27(46)42-30(19(3)4)36-41-26(17-51-36)33(47)43-29)37(49)32-28(22-10-8-7-9-11-22)24-14-23(38)12-13-25(24)40-32/h7-14,17-20,29-30,40H,15-16H2,1-6H3,(H,39,48)(H,42,46)(H,43,47)/t20-,29-,30+/m1/s1. The minimum Gasteiger partial charge on any atom is -0.443 e. The Labute approximate surface area is 304 Å². The predicted molar refractivity (Wildman–Crippen MR) is 196 cm³/mol. The molecule has 0 aliphatic carbocycles. The molecule has 6 rings (SSSR count). The Morgan fingerprint density at radius 3 is 2.39 bits per heavy atom. The molecule has 0 unspecified atom stereocenters. The van der Waals surface area contributed by atoms with Crippen LogP contribution >= 0.6 is 22.9 Å². The van der Waals surface area contributed by atoms with Crippen LogP contribution in [0.5, 0.6) is 0 Å². The molecule has 1 aliphatic rings. The number of halogens is 1. The van der Waals surface area contributed by atoms with Crippen molar-refractivity contribution in [3.8, 4) is 11.1 Å². The molecule has 0 spiro atoms. The lowest BCUT2D eigenvalue weighted by molar-refractivity contribution is -0.122. The molecule has 266 valence electrons. The number of benzene rings is 2. The third-order valence-electron chi connectivity index (χ3n) is 8.78. The average molecular weight is 730 g/mol. The van der Waals surface area contributed by atoms with Crippen LogP contribution in [0.1, 0.15) is 94.8 Å². The summed E-state index contributed by atoms with van der Waals surface area (Å²) in [5.41, 5.74) is 2.66. The Bertz CT molecular complexity index is 2100. The lowest BCUT2D eigenvalue weighted by Gasteiger charge is -2.28. The Balaban J connectivity index is 1.42. The van der Waals surface area contributed by atoms with Gasteiger partial charge in [0.15, 0.2) is 5.69 Å². The molecular formula is C37H40ClN7O5S. The minimum atomic E-state index is -0.641. The van der Waals surface area contributed by atoms with E-state index < -0.39 is 41.8 Å². The zero-order valence-corrected chi connectivity index (χ0v) is 30.7. The Hall–Kier alpha value is -5.01. The summed E-state index contributed by atoms with van der Waals surface area (Å²) in [6.07, 6.45) is 0. The van der Waals surface area contributed by atoms with E-state index in [9.17, 15) is 19.2 Å². The van der Waals surface area contributed by atoms with Gasteiger partial charge in [-0.05, 0) is 49.4 Å². The van der Waals surface area contributed by atoms with Crippen LogP contribution in [0.4, 0.5) is 0 Å². The number of thiazole rings is 1. The van der Waals surface area contributed by atoms with Crippen molar-refractivity contribution >= 4 is 57.5 Å². The van der Waals surface area contributed by atoms with Crippen LogP contribution in [0.15, 0.2) is 58.3 Å². The van der Waals surface area contributed by atoms with Crippen molar-refractivity contribution in [2.24, 2.45) is 11.8 Å². The lowest BCUT2D eigenvalue weighted by Crippen LogP contribution is -2.49. The number of oxazole rings is 1. The van der Waals surface area contributed by atoms with Crippen molar-refractivity contribution in [2.45, 2.75) is 59.7 Å². The van der Waals surface area contributed by atoms with Gasteiger partial charge in [0.1, 0.15) is 28.2 Å². The molecule has 3 aromatic heterocycles. The van der Waals surface area contributed by atoms with Gasteiger partial charge in [-0.3, -0.25) is 19.2 Å². The number of carbonyl (C=O) groups is 4. The van der Waals surface area contributed by atoms with Gasteiger partial charge >= 0.3 is 0 Å². The summed E-state index contributed by atoms with van der Waals surface area (Å²) < 4.78 is 5.93. The summed E-state index contributed by atoms with van der Waals surface area (Å²) >= 11 is 7.67. The molecule has 12 nitrogen and oxygen atoms in total. The highest BCUT2D eigenvalue weighted by molar-refractivity contribution is 7.09. The van der Waals surface area contributed by atoms with Gasteiger partial charge in [-0.15, -0.1) is 11.3 Å². The minimum absolute atomic E-state index is 0.00940. The molecule has 4 amide bonds. The van der Waals surface area contributed by atoms with Crippen molar-refractivity contribution in [2.75, 3.05) is 13.1 Å². The van der Waals surface area contributed by atoms with Crippen LogP contribution in [0.2, 0.25) is 5.02 Å². The molecule has 5 aromatic rings. The van der Waals surface area contributed by atoms with E-state index in [4.69, 9.17) is 16.0 Å². The summed E-state index contributed by atoms with van der Waals surface area (Å²) in [6, 6.07) is 13.0. The fraction of sp³-hybridized carbons (Fsp3) is 0.351. The van der Waals surface area contributed by atoms with E-state index in [0.29, 0.717) is 21.1 Å². The number of hydrogen-bond donors (Lipinski definition) is 4. The number of rotatable bonds is 4. The monoisotopic (exact) mass is 729 g/mol. The zero-order valence-electron chi connectivity index (χ0n) is 29.2. The van der Waals surface area contributed by atoms with Crippen LogP contribution in [-0.2, 0) is 4.79 Å². The molecule has 0 radical (unpaired) electrons. The molecule has 0 saturated heterocycles. The number of fused-ring (bicyclic) bond motifs is 5. The highest BCUT2D eigenvalue weighted by Gasteiger charge is 2.32. The van der Waals surface area contributed by atoms with Gasteiger partial charge in [-0.25, -0.2) is 9.97 Å². The van der Waals surface area contributed by atoms with E-state index in [1.54, 1.807) is 31.4 Å². The number of amides is 4. The highest BCUT2D eigenvalue weighted by Crippen LogP contribution is 2.35. The van der Waals surface area contributed by atoms with Gasteiger partial charge in [0.05, 0.1) is 12.6 Å². The summed E-state index contributed by atoms with van der Waals surface area (Å²) in [5.74, 6) is -1.58. The average Bonchev–Trinajstić information content (AvgIpc) is 3.82. The van der Waals surface area contributed by atoms with Gasteiger partial charge in [0.2, 0.25) is 11.8 Å². The second-order valence-electron chi connectivity index (χ2n) is 13.5. The van der Waals surface area contributed by atoms with Crippen LogP contribution in [0.25, 0.3) is 22.0 Å². The van der Waals surface area contributed by atoms with Crippen molar-refractivity contribution in [3.05, 3.63) is 92.7 Å². The number of nitrogens with zero attached hydrogens (tertiary/aromatic N) is 3. The van der Waals surface area contributed by atoms with E-state index >= 15 is 0 Å². The highest BCUT2D eigenvalue weighted by atomic mass is 35.5. The fourth-order valence-electron chi connectivity index (χ4n) is 6.21.